The largest absolute Gasteiger partial charge is 0.309 e. The molecule has 0 aliphatic carbocycles. The smallest absolute Gasteiger partial charge is 0.160 e. The van der Waals surface area contributed by atoms with Gasteiger partial charge in [0.15, 0.2) is 5.82 Å². The van der Waals surface area contributed by atoms with Crippen molar-refractivity contribution in [2.45, 2.75) is 0 Å². The van der Waals surface area contributed by atoms with Crippen LogP contribution in [0.3, 0.4) is 0 Å². The molecule has 0 aliphatic rings. The third kappa shape index (κ3) is 4.21. The van der Waals surface area contributed by atoms with Crippen LogP contribution in [-0.2, 0) is 0 Å². The molecule has 0 unspecified atom stereocenters. The molecule has 45 heavy (non-hydrogen) atoms. The zero-order chi connectivity index (χ0) is 29.7. The van der Waals surface area contributed by atoms with Crippen molar-refractivity contribution in [2.75, 3.05) is 0 Å². The van der Waals surface area contributed by atoms with E-state index in [1.165, 1.54) is 43.4 Å². The molecular weight excluding hydrogens is 546 g/mol. The number of rotatable bonds is 4. The predicted octanol–water partition coefficient (Wildman–Crippen LogP) is 10.9. The normalized spacial score (nSPS) is 11.6. The van der Waals surface area contributed by atoms with E-state index in [0.29, 0.717) is 5.82 Å². The van der Waals surface area contributed by atoms with Gasteiger partial charge in [0.05, 0.1) is 22.4 Å². The molecule has 0 aliphatic heterocycles. The molecule has 0 saturated heterocycles. The van der Waals surface area contributed by atoms with E-state index >= 15 is 0 Å². The first-order valence-corrected chi connectivity index (χ1v) is 15.3. The van der Waals surface area contributed by atoms with Gasteiger partial charge in [0.2, 0.25) is 0 Å². The van der Waals surface area contributed by atoms with Crippen LogP contribution in [0.2, 0.25) is 0 Å². The summed E-state index contributed by atoms with van der Waals surface area (Å²) in [6.07, 6.45) is 0. The van der Waals surface area contributed by atoms with E-state index in [9.17, 15) is 0 Å². The van der Waals surface area contributed by atoms with Crippen molar-refractivity contribution >= 4 is 43.4 Å². The summed E-state index contributed by atoms with van der Waals surface area (Å²) in [5.74, 6) is 0.703. The Morgan fingerprint density at radius 3 is 1.42 bits per heavy atom. The molecule has 0 atom stereocenters. The fourth-order valence-corrected chi connectivity index (χ4v) is 6.70. The van der Waals surface area contributed by atoms with E-state index in [1.807, 2.05) is 12.1 Å². The summed E-state index contributed by atoms with van der Waals surface area (Å²) in [5, 5.41) is 7.56. The highest BCUT2D eigenvalue weighted by Crippen LogP contribution is 2.41. The number of aromatic nitrogens is 3. The highest BCUT2D eigenvalue weighted by atomic mass is 15.0. The van der Waals surface area contributed by atoms with E-state index in [-0.39, 0.29) is 0 Å². The van der Waals surface area contributed by atoms with Crippen LogP contribution < -0.4 is 0 Å². The minimum atomic E-state index is 0.703. The maximum absolute atomic E-state index is 5.11. The molecule has 3 nitrogen and oxygen atoms in total. The molecule has 9 aromatic rings. The van der Waals surface area contributed by atoms with Gasteiger partial charge in [-0.15, -0.1) is 0 Å². The van der Waals surface area contributed by atoms with Gasteiger partial charge in [-0.25, -0.2) is 9.97 Å². The van der Waals surface area contributed by atoms with Crippen molar-refractivity contribution in [3.05, 3.63) is 164 Å². The Kier molecular flexibility index (Phi) is 5.82. The van der Waals surface area contributed by atoms with Crippen LogP contribution in [0, 0.1) is 0 Å². The molecule has 0 spiro atoms. The first-order chi connectivity index (χ1) is 22.3. The Labute approximate surface area is 260 Å². The predicted molar refractivity (Wildman–Crippen MR) is 188 cm³/mol. The van der Waals surface area contributed by atoms with Crippen LogP contribution in [0.1, 0.15) is 0 Å². The van der Waals surface area contributed by atoms with E-state index < -0.39 is 0 Å². The lowest BCUT2D eigenvalue weighted by atomic mass is 10.00. The quantitative estimate of drug-likeness (QED) is 0.210. The molecule has 0 N–H and O–H groups in total. The summed E-state index contributed by atoms with van der Waals surface area (Å²) in [6, 6.07) is 57.8. The third-order valence-corrected chi connectivity index (χ3v) is 8.77. The number of benzene rings is 7. The Morgan fingerprint density at radius 2 is 0.867 bits per heavy atom. The second kappa shape index (κ2) is 10.3. The Morgan fingerprint density at radius 1 is 0.378 bits per heavy atom. The van der Waals surface area contributed by atoms with E-state index in [4.69, 9.17) is 9.97 Å². The maximum atomic E-state index is 5.11. The van der Waals surface area contributed by atoms with Gasteiger partial charge in [-0.2, -0.15) is 0 Å². The fraction of sp³-hybridized carbons (Fsp3) is 0. The third-order valence-electron chi connectivity index (χ3n) is 8.77. The van der Waals surface area contributed by atoms with Gasteiger partial charge in [0.1, 0.15) is 0 Å². The van der Waals surface area contributed by atoms with Crippen molar-refractivity contribution in [2.24, 2.45) is 0 Å². The van der Waals surface area contributed by atoms with Crippen LogP contribution in [0.4, 0.5) is 0 Å². The lowest BCUT2D eigenvalue weighted by Gasteiger charge is -2.12. The average molecular weight is 574 g/mol. The number of hydrogen-bond donors (Lipinski definition) is 0. The average Bonchev–Trinajstić information content (AvgIpc) is 3.48. The van der Waals surface area contributed by atoms with Crippen LogP contribution >= 0.6 is 0 Å². The molecule has 7 aromatic carbocycles. The van der Waals surface area contributed by atoms with Crippen molar-refractivity contribution < 1.29 is 0 Å². The van der Waals surface area contributed by atoms with Crippen molar-refractivity contribution in [1.29, 1.82) is 0 Å². The topological polar surface area (TPSA) is 30.7 Å². The molecule has 0 saturated carbocycles. The van der Waals surface area contributed by atoms with Crippen LogP contribution in [-0.4, -0.2) is 14.5 Å². The van der Waals surface area contributed by atoms with Crippen molar-refractivity contribution in [1.82, 2.24) is 14.5 Å². The minimum Gasteiger partial charge on any atom is -0.309 e. The summed E-state index contributed by atoms with van der Waals surface area (Å²) in [6.45, 7) is 0. The van der Waals surface area contributed by atoms with Crippen LogP contribution in [0.5, 0.6) is 0 Å². The first kappa shape index (κ1) is 25.4. The van der Waals surface area contributed by atoms with E-state index in [2.05, 4.69) is 156 Å². The van der Waals surface area contributed by atoms with Crippen molar-refractivity contribution in [3.8, 4) is 39.6 Å². The molecule has 0 radical (unpaired) electrons. The van der Waals surface area contributed by atoms with Gasteiger partial charge in [-0.3, -0.25) is 0 Å². The number of fused-ring (bicyclic) bond motifs is 7. The van der Waals surface area contributed by atoms with Gasteiger partial charge in [-0.1, -0.05) is 133 Å². The van der Waals surface area contributed by atoms with Crippen LogP contribution in [0.25, 0.3) is 82.9 Å². The molecule has 3 heteroatoms. The zero-order valence-corrected chi connectivity index (χ0v) is 24.4. The maximum Gasteiger partial charge on any atom is 0.160 e. The van der Waals surface area contributed by atoms with E-state index in [1.54, 1.807) is 0 Å². The van der Waals surface area contributed by atoms with Crippen molar-refractivity contribution in [3.63, 3.8) is 0 Å². The fourth-order valence-electron chi connectivity index (χ4n) is 6.70. The van der Waals surface area contributed by atoms with Gasteiger partial charge in [-0.05, 0) is 51.9 Å². The van der Waals surface area contributed by atoms with Gasteiger partial charge < -0.3 is 4.57 Å². The number of nitrogens with zero attached hydrogens (tertiary/aromatic N) is 3. The highest BCUT2D eigenvalue weighted by Gasteiger charge is 2.18. The molecule has 210 valence electrons. The zero-order valence-electron chi connectivity index (χ0n) is 24.4. The van der Waals surface area contributed by atoms with Crippen LogP contribution in [0.15, 0.2) is 164 Å². The van der Waals surface area contributed by atoms with Gasteiger partial charge in [0, 0.05) is 33.2 Å². The second-order valence-electron chi connectivity index (χ2n) is 11.4. The van der Waals surface area contributed by atoms with Gasteiger partial charge in [0.25, 0.3) is 0 Å². The summed E-state index contributed by atoms with van der Waals surface area (Å²) < 4.78 is 2.40. The second-order valence-corrected chi connectivity index (χ2v) is 11.4. The lowest BCUT2D eigenvalue weighted by Crippen LogP contribution is -1.98. The molecule has 0 fully saturated rings. The summed E-state index contributed by atoms with van der Waals surface area (Å²) in [4.78, 5) is 10.2. The lowest BCUT2D eigenvalue weighted by molar-refractivity contribution is 1.16. The summed E-state index contributed by atoms with van der Waals surface area (Å²) in [7, 11) is 0. The highest BCUT2D eigenvalue weighted by molar-refractivity contribution is 6.28. The Hall–Kier alpha value is -6.06. The molecule has 0 amide bonds. The molecule has 2 aromatic heterocycles. The Bertz CT molecular complexity index is 2380. The SMILES string of the molecule is c1ccc(-c2cc(-c3ccccc3)nc(-c3cccc(-n4c5ccc6ccccc6c5c5c6ccccc6ccc54)c3)n2)cc1. The minimum absolute atomic E-state index is 0.703. The number of hydrogen-bond acceptors (Lipinski definition) is 2. The Balaban J connectivity index is 1.31. The molecule has 2 heterocycles. The first-order valence-electron chi connectivity index (χ1n) is 15.3. The van der Waals surface area contributed by atoms with E-state index in [0.717, 1.165) is 33.8 Å². The summed E-state index contributed by atoms with van der Waals surface area (Å²) in [5.41, 5.74) is 8.35. The molecule has 9 rings (SSSR count). The molecule has 0 bridgehead atoms. The molecular formula is C42H27N3. The summed E-state index contributed by atoms with van der Waals surface area (Å²) >= 11 is 0. The van der Waals surface area contributed by atoms with Gasteiger partial charge >= 0.3 is 0 Å². The monoisotopic (exact) mass is 573 g/mol. The standard InChI is InChI=1S/C42H27N3/c1-3-14-30(15-4-1)36-27-37(31-16-5-2-6-17-31)44-42(43-36)32-18-11-19-33(26-32)45-38-24-22-28-12-7-9-20-34(28)40(38)41-35-21-10-8-13-29(35)23-25-39(41)45/h1-27H.